The molecule has 2 unspecified atom stereocenters. The first-order chi connectivity index (χ1) is 9.44. The van der Waals surface area contributed by atoms with Crippen molar-refractivity contribution in [3.63, 3.8) is 0 Å². The molecule has 1 aliphatic rings. The number of nitrogens with zero attached hydrogens (tertiary/aromatic N) is 1. The molecule has 1 aliphatic heterocycles. The highest BCUT2D eigenvalue weighted by Gasteiger charge is 2.35. The lowest BCUT2D eigenvalue weighted by Gasteiger charge is -2.30. The van der Waals surface area contributed by atoms with Crippen LogP contribution in [0.25, 0.3) is 0 Å². The number of hydrogen-bond acceptors (Lipinski definition) is 4. The van der Waals surface area contributed by atoms with Crippen molar-refractivity contribution in [3.8, 4) is 0 Å². The smallest absolute Gasteiger partial charge is 0.317 e. The van der Waals surface area contributed by atoms with Gasteiger partial charge in [-0.2, -0.15) is 0 Å². The largest absolute Gasteiger partial charge is 0.481 e. The molecule has 0 bridgehead atoms. The molecule has 2 N–H and O–H groups in total. The fourth-order valence-electron chi connectivity index (χ4n) is 2.32. The second-order valence-corrected chi connectivity index (χ2v) is 5.08. The molecule has 0 radical (unpaired) electrons. The zero-order valence-electron chi connectivity index (χ0n) is 12.3. The van der Waals surface area contributed by atoms with E-state index in [4.69, 9.17) is 14.6 Å². The zero-order chi connectivity index (χ0) is 15.2. The molecule has 0 saturated carbocycles. The molecule has 1 saturated heterocycles. The van der Waals surface area contributed by atoms with Crippen molar-refractivity contribution >= 4 is 12.0 Å². The average molecular weight is 288 g/mol. The molecule has 7 heteroatoms. The van der Waals surface area contributed by atoms with Crippen LogP contribution in [0.2, 0.25) is 0 Å². The Hall–Kier alpha value is -1.34. The highest BCUT2D eigenvalue weighted by Crippen LogP contribution is 2.21. The van der Waals surface area contributed by atoms with Gasteiger partial charge in [-0.1, -0.05) is 0 Å². The number of urea groups is 1. The van der Waals surface area contributed by atoms with E-state index in [-0.39, 0.29) is 18.5 Å². The van der Waals surface area contributed by atoms with Crippen LogP contribution in [0.3, 0.4) is 0 Å². The van der Waals surface area contributed by atoms with Crippen LogP contribution in [0.1, 0.15) is 26.7 Å². The Labute approximate surface area is 119 Å². The molecule has 0 spiro atoms. The maximum Gasteiger partial charge on any atom is 0.317 e. The minimum absolute atomic E-state index is 0.0697. The van der Waals surface area contributed by atoms with Crippen LogP contribution in [-0.4, -0.2) is 67.1 Å². The number of carboxylic acid groups (broad SMARTS) is 1. The Morgan fingerprint density at radius 3 is 2.70 bits per heavy atom. The third kappa shape index (κ3) is 4.35. The predicted molar refractivity (Wildman–Crippen MR) is 72.7 cm³/mol. The summed E-state index contributed by atoms with van der Waals surface area (Å²) in [5, 5.41) is 11.6. The number of aliphatic carboxylic acids is 1. The normalized spacial score (nSPS) is 23.4. The van der Waals surface area contributed by atoms with Gasteiger partial charge in [0.2, 0.25) is 0 Å². The topological polar surface area (TPSA) is 88.1 Å². The number of methoxy groups -OCH3 is 1. The van der Waals surface area contributed by atoms with E-state index < -0.39 is 11.6 Å². The molecular weight excluding hydrogens is 264 g/mol. The Kier molecular flexibility index (Phi) is 6.22. The summed E-state index contributed by atoms with van der Waals surface area (Å²) in [5.41, 5.74) is -0.467. The maximum atomic E-state index is 12.1. The fraction of sp³-hybridized carbons (Fsp3) is 0.846. The Morgan fingerprint density at radius 2 is 2.25 bits per heavy atom. The minimum Gasteiger partial charge on any atom is -0.481 e. The van der Waals surface area contributed by atoms with E-state index in [9.17, 15) is 9.59 Å². The van der Waals surface area contributed by atoms with Gasteiger partial charge in [0, 0.05) is 32.7 Å². The van der Waals surface area contributed by atoms with Gasteiger partial charge in [-0.25, -0.2) is 4.79 Å². The van der Waals surface area contributed by atoms with Crippen molar-refractivity contribution in [3.05, 3.63) is 0 Å². The first-order valence-electron chi connectivity index (χ1n) is 6.83. The van der Waals surface area contributed by atoms with Crippen LogP contribution in [0.5, 0.6) is 0 Å². The summed E-state index contributed by atoms with van der Waals surface area (Å²) < 4.78 is 10.7. The summed E-state index contributed by atoms with van der Waals surface area (Å²) in [7, 11) is 1.60. The van der Waals surface area contributed by atoms with Crippen LogP contribution < -0.4 is 5.32 Å². The SMILES string of the molecule is CCN(C(=O)NCC1(OC)CCOC1)C(C)CC(=O)O. The van der Waals surface area contributed by atoms with E-state index in [0.717, 1.165) is 6.42 Å². The Morgan fingerprint density at radius 1 is 1.55 bits per heavy atom. The molecule has 0 aromatic rings. The molecule has 7 nitrogen and oxygen atoms in total. The summed E-state index contributed by atoms with van der Waals surface area (Å²) in [5.74, 6) is -0.915. The molecule has 1 rings (SSSR count). The molecule has 2 amide bonds. The number of hydrogen-bond donors (Lipinski definition) is 2. The lowest BCUT2D eigenvalue weighted by atomic mass is 10.0. The standard InChI is InChI=1S/C13H24N2O5/c1-4-15(10(2)7-11(16)17)12(18)14-8-13(19-3)5-6-20-9-13/h10H,4-9H2,1-3H3,(H,14,18)(H,16,17). The van der Waals surface area contributed by atoms with Crippen LogP contribution in [0.4, 0.5) is 4.79 Å². The van der Waals surface area contributed by atoms with E-state index in [0.29, 0.717) is 26.3 Å². The molecule has 2 atom stereocenters. The monoisotopic (exact) mass is 288 g/mol. The minimum atomic E-state index is -0.915. The Balaban J connectivity index is 2.52. The van der Waals surface area contributed by atoms with Crippen molar-refractivity contribution < 1.29 is 24.2 Å². The van der Waals surface area contributed by atoms with Crippen LogP contribution in [0.15, 0.2) is 0 Å². The van der Waals surface area contributed by atoms with Gasteiger partial charge in [0.15, 0.2) is 0 Å². The van der Waals surface area contributed by atoms with Gasteiger partial charge >= 0.3 is 12.0 Å². The molecule has 20 heavy (non-hydrogen) atoms. The number of carbonyl (C=O) groups excluding carboxylic acids is 1. The van der Waals surface area contributed by atoms with Gasteiger partial charge in [0.25, 0.3) is 0 Å². The highest BCUT2D eigenvalue weighted by molar-refractivity contribution is 5.76. The number of carbonyl (C=O) groups is 2. The Bertz CT molecular complexity index is 342. The van der Waals surface area contributed by atoms with Crippen molar-refractivity contribution in [1.82, 2.24) is 10.2 Å². The first kappa shape index (κ1) is 16.7. The number of nitrogens with one attached hydrogen (secondary N) is 1. The van der Waals surface area contributed by atoms with Gasteiger partial charge in [-0.05, 0) is 13.8 Å². The number of rotatable bonds is 7. The lowest BCUT2D eigenvalue weighted by molar-refractivity contribution is -0.138. The molecule has 116 valence electrons. The van der Waals surface area contributed by atoms with Crippen molar-refractivity contribution in [2.24, 2.45) is 0 Å². The fourth-order valence-corrected chi connectivity index (χ4v) is 2.32. The van der Waals surface area contributed by atoms with Crippen LogP contribution >= 0.6 is 0 Å². The van der Waals surface area contributed by atoms with Gasteiger partial charge in [-0.3, -0.25) is 4.79 Å². The van der Waals surface area contributed by atoms with Crippen LogP contribution in [0, 0.1) is 0 Å². The van der Waals surface area contributed by atoms with Crippen molar-refractivity contribution in [1.29, 1.82) is 0 Å². The third-order valence-electron chi connectivity index (χ3n) is 3.67. The molecular formula is C13H24N2O5. The summed E-state index contributed by atoms with van der Waals surface area (Å²) in [4.78, 5) is 24.4. The van der Waals surface area contributed by atoms with E-state index in [2.05, 4.69) is 5.32 Å². The summed E-state index contributed by atoms with van der Waals surface area (Å²) in [6.45, 7) is 5.44. The van der Waals surface area contributed by atoms with Gasteiger partial charge < -0.3 is 24.8 Å². The molecule has 0 aromatic carbocycles. The number of carboxylic acids is 1. The van der Waals surface area contributed by atoms with Gasteiger partial charge in [-0.15, -0.1) is 0 Å². The highest BCUT2D eigenvalue weighted by atomic mass is 16.5. The quantitative estimate of drug-likeness (QED) is 0.719. The van der Waals surface area contributed by atoms with E-state index in [1.54, 1.807) is 14.0 Å². The third-order valence-corrected chi connectivity index (χ3v) is 3.67. The lowest BCUT2D eigenvalue weighted by Crippen LogP contribution is -2.51. The maximum absolute atomic E-state index is 12.1. The molecule has 1 fully saturated rings. The van der Waals surface area contributed by atoms with E-state index in [1.807, 2.05) is 6.92 Å². The molecule has 0 aliphatic carbocycles. The second kappa shape index (κ2) is 7.44. The van der Waals surface area contributed by atoms with Crippen LogP contribution in [-0.2, 0) is 14.3 Å². The van der Waals surface area contributed by atoms with E-state index >= 15 is 0 Å². The molecule has 0 aromatic heterocycles. The second-order valence-electron chi connectivity index (χ2n) is 5.08. The summed E-state index contributed by atoms with van der Waals surface area (Å²) in [6.07, 6.45) is 0.667. The first-order valence-corrected chi connectivity index (χ1v) is 6.83. The number of amides is 2. The van der Waals surface area contributed by atoms with Gasteiger partial charge in [0.05, 0.1) is 19.6 Å². The zero-order valence-corrected chi connectivity index (χ0v) is 12.3. The van der Waals surface area contributed by atoms with Crippen molar-refractivity contribution in [2.45, 2.75) is 38.3 Å². The summed E-state index contributed by atoms with van der Waals surface area (Å²) >= 11 is 0. The average Bonchev–Trinajstić information content (AvgIpc) is 2.86. The number of ether oxygens (including phenoxy) is 2. The predicted octanol–water partition coefficient (Wildman–Crippen LogP) is 0.687. The molecule has 1 heterocycles. The van der Waals surface area contributed by atoms with Crippen molar-refractivity contribution in [2.75, 3.05) is 33.4 Å². The van der Waals surface area contributed by atoms with Gasteiger partial charge in [0.1, 0.15) is 5.60 Å². The van der Waals surface area contributed by atoms with E-state index in [1.165, 1.54) is 4.90 Å². The summed E-state index contributed by atoms with van der Waals surface area (Å²) in [6, 6.07) is -0.625.